The Morgan fingerprint density at radius 2 is 1.33 bits per heavy atom. The largest absolute Gasteiger partial charge is 0.355 e. The van der Waals surface area contributed by atoms with Gasteiger partial charge >= 0.3 is 0 Å². The molecule has 9 heteroatoms. The first-order chi connectivity index (χ1) is 15.4. The molecule has 0 radical (unpaired) electrons. The van der Waals surface area contributed by atoms with Crippen LogP contribution in [0, 0.1) is 0 Å². The Kier molecular flexibility index (Phi) is 5.13. The van der Waals surface area contributed by atoms with Crippen molar-refractivity contribution in [2.45, 2.75) is 4.90 Å². The molecule has 0 aliphatic carbocycles. The van der Waals surface area contributed by atoms with E-state index in [9.17, 15) is 13.0 Å². The number of aromatic amines is 2. The molecule has 33 heavy (non-hydrogen) atoms. The molecule has 1 aromatic carbocycles. The van der Waals surface area contributed by atoms with Crippen molar-refractivity contribution < 1.29 is 32.4 Å². The molecule has 2 aliphatic heterocycles. The monoisotopic (exact) mass is 504 g/mol. The Morgan fingerprint density at radius 1 is 0.697 bits per heavy atom. The molecule has 0 saturated carbocycles. The van der Waals surface area contributed by atoms with Crippen LogP contribution in [-0.2, 0) is 29.6 Å². The van der Waals surface area contributed by atoms with Crippen LogP contribution < -0.4 is 0 Å². The number of benzene rings is 1. The van der Waals surface area contributed by atoms with Crippen molar-refractivity contribution in [3.8, 4) is 22.5 Å². The molecule has 3 aromatic heterocycles. The first-order valence-electron chi connectivity index (χ1n) is 9.90. The number of aromatic nitrogens is 4. The van der Waals surface area contributed by atoms with E-state index in [-0.39, 0.29) is 29.9 Å². The minimum atomic E-state index is -4.44. The Hall–Kier alpha value is -3.39. The van der Waals surface area contributed by atoms with Crippen LogP contribution in [0.25, 0.3) is 56.7 Å². The first-order valence-corrected chi connectivity index (χ1v) is 11.3. The summed E-state index contributed by atoms with van der Waals surface area (Å²) >= 11 is 0. The molecule has 8 bridgehead atoms. The van der Waals surface area contributed by atoms with E-state index in [2.05, 4.69) is 15.0 Å². The van der Waals surface area contributed by atoms with Gasteiger partial charge in [-0.3, -0.25) is 4.55 Å². The van der Waals surface area contributed by atoms with Crippen molar-refractivity contribution in [3.05, 3.63) is 78.1 Å². The average Bonchev–Trinajstić information content (AvgIpc) is 3.52. The van der Waals surface area contributed by atoms with Gasteiger partial charge in [0.25, 0.3) is 10.1 Å². The molecule has 5 heterocycles. The summed E-state index contributed by atoms with van der Waals surface area (Å²) in [5.74, 6) is 0. The summed E-state index contributed by atoms with van der Waals surface area (Å²) in [6.07, 6.45) is 3.88. The molecule has 3 N–H and O–H groups in total. The Bertz CT molecular complexity index is 1720. The van der Waals surface area contributed by atoms with E-state index >= 15 is 0 Å². The molecule has 7 nitrogen and oxygen atoms in total. The van der Waals surface area contributed by atoms with E-state index in [0.717, 1.165) is 39.2 Å². The minimum Gasteiger partial charge on any atom is -0.355 e. The molecule has 0 unspecified atom stereocenters. The second-order valence-electron chi connectivity index (χ2n) is 7.65. The van der Waals surface area contributed by atoms with Crippen molar-refractivity contribution >= 4 is 44.3 Å². The number of fused-ring (bicyclic) bond motifs is 11. The van der Waals surface area contributed by atoms with E-state index in [1.807, 2.05) is 60.7 Å². The molecule has 0 saturated heterocycles. The smallest absolute Gasteiger partial charge is 0.296 e. The molecule has 0 fully saturated rings. The van der Waals surface area contributed by atoms with E-state index in [4.69, 9.17) is 4.98 Å². The van der Waals surface area contributed by atoms with Crippen LogP contribution in [0.3, 0.4) is 0 Å². The molecular weight excluding hydrogens is 490 g/mol. The van der Waals surface area contributed by atoms with Gasteiger partial charge in [-0.15, -0.1) is 0 Å². The number of hydrogen-bond donors (Lipinski definition) is 3. The average molecular weight is 506 g/mol. The number of H-pyrrole nitrogens is 2. The van der Waals surface area contributed by atoms with Gasteiger partial charge in [0.1, 0.15) is 4.90 Å². The number of nitrogens with one attached hydrogen (secondary N) is 2. The van der Waals surface area contributed by atoms with Crippen molar-refractivity contribution in [2.24, 2.45) is 0 Å². The maximum absolute atomic E-state index is 12.1. The second kappa shape index (κ2) is 7.88. The summed E-state index contributed by atoms with van der Waals surface area (Å²) in [7, 11) is -4.44. The van der Waals surface area contributed by atoms with Gasteiger partial charge < -0.3 is 9.97 Å². The first kappa shape index (κ1) is 21.5. The Morgan fingerprint density at radius 3 is 2.03 bits per heavy atom. The van der Waals surface area contributed by atoms with E-state index in [1.165, 1.54) is 6.07 Å². The fourth-order valence-corrected chi connectivity index (χ4v) is 4.69. The van der Waals surface area contributed by atoms with Gasteiger partial charge in [0.05, 0.1) is 28.3 Å². The molecule has 6 rings (SSSR count). The van der Waals surface area contributed by atoms with Crippen molar-refractivity contribution in [1.29, 1.82) is 0 Å². The molecule has 0 amide bonds. The number of hydrogen-bond acceptors (Lipinski definition) is 4. The van der Waals surface area contributed by atoms with Gasteiger partial charge in [0.2, 0.25) is 0 Å². The van der Waals surface area contributed by atoms with Gasteiger partial charge in [-0.1, -0.05) is 24.3 Å². The van der Waals surface area contributed by atoms with Crippen molar-refractivity contribution in [3.63, 3.8) is 0 Å². The summed E-state index contributed by atoms with van der Waals surface area (Å²) in [6.45, 7) is 0. The maximum Gasteiger partial charge on any atom is 0.296 e. The van der Waals surface area contributed by atoms with Crippen LogP contribution >= 0.6 is 0 Å². The van der Waals surface area contributed by atoms with Crippen molar-refractivity contribution in [1.82, 2.24) is 19.9 Å². The zero-order valence-electron chi connectivity index (χ0n) is 17.3. The topological polar surface area (TPSA) is 112 Å². The van der Waals surface area contributed by atoms with E-state index in [1.54, 1.807) is 12.1 Å². The van der Waals surface area contributed by atoms with Crippen LogP contribution in [-0.4, -0.2) is 32.9 Å². The summed E-state index contributed by atoms with van der Waals surface area (Å²) in [5.41, 5.74) is 7.14. The summed E-state index contributed by atoms with van der Waals surface area (Å²) < 4.78 is 33.9. The van der Waals surface area contributed by atoms with Crippen LogP contribution in [0.2, 0.25) is 0 Å². The molecule has 2 aliphatic rings. The maximum atomic E-state index is 12.1. The normalized spacial score (nSPS) is 12.3. The van der Waals surface area contributed by atoms with Gasteiger partial charge in [-0.05, 0) is 54.6 Å². The Balaban J connectivity index is 0.00000228. The minimum absolute atomic E-state index is 0. The van der Waals surface area contributed by atoms with Gasteiger partial charge in [0, 0.05) is 47.2 Å². The van der Waals surface area contributed by atoms with Crippen LogP contribution in [0.1, 0.15) is 11.4 Å². The Labute approximate surface area is 201 Å². The third-order valence-electron chi connectivity index (χ3n) is 5.42. The van der Waals surface area contributed by atoms with Crippen LogP contribution in [0.5, 0.6) is 0 Å². The third kappa shape index (κ3) is 3.95. The SMILES string of the molecule is O=S(=O)(O)c1cc2cc3ccc(cc4nc(cc5nc(cc1[nH]2)-c1ccccc1-5)C=C4)[nH]3.[Zn]. The standard InChI is InChI=1S/C24H16N4O3S.Zn/c29-32(30,31)24-12-18-10-16-6-5-14(25-16)9-15-7-8-17(26-15)11-21-19-3-1-2-4-20(19)22(28-21)13-23(24)27-18;/h1-13,25,27H,(H,29,30,31);. The quantitative estimate of drug-likeness (QED) is 0.213. The third-order valence-corrected chi connectivity index (χ3v) is 6.32. The summed E-state index contributed by atoms with van der Waals surface area (Å²) in [4.78, 5) is 15.6. The molecule has 0 spiro atoms. The second-order valence-corrected chi connectivity index (χ2v) is 9.04. The zero-order valence-corrected chi connectivity index (χ0v) is 21.1. The fraction of sp³-hybridized carbons (Fsp3) is 0. The predicted octanol–water partition coefficient (Wildman–Crippen LogP) is 5.06. The number of nitrogens with zero attached hydrogens (tertiary/aromatic N) is 2. The van der Waals surface area contributed by atoms with Gasteiger partial charge in [0.15, 0.2) is 0 Å². The van der Waals surface area contributed by atoms with Gasteiger partial charge in [-0.2, -0.15) is 8.42 Å². The molecule has 158 valence electrons. The van der Waals surface area contributed by atoms with E-state index in [0.29, 0.717) is 11.2 Å². The van der Waals surface area contributed by atoms with Gasteiger partial charge in [-0.25, -0.2) is 9.97 Å². The van der Waals surface area contributed by atoms with Crippen LogP contribution in [0.15, 0.2) is 71.6 Å². The fourth-order valence-electron chi connectivity index (χ4n) is 4.03. The summed E-state index contributed by atoms with van der Waals surface area (Å²) in [6, 6.07) is 20.2. The molecule has 4 aromatic rings. The molecular formula is C24H16N4O3SZn. The predicted molar refractivity (Wildman–Crippen MR) is 124 cm³/mol. The van der Waals surface area contributed by atoms with E-state index < -0.39 is 10.1 Å². The zero-order chi connectivity index (χ0) is 21.9. The summed E-state index contributed by atoms with van der Waals surface area (Å²) in [5, 5.41) is 0. The molecule has 0 atom stereocenters. The van der Waals surface area contributed by atoms with Crippen LogP contribution in [0.4, 0.5) is 0 Å². The number of rotatable bonds is 1. The van der Waals surface area contributed by atoms with Crippen molar-refractivity contribution in [2.75, 3.05) is 0 Å².